The average Bonchev–Trinajstić information content (AvgIpc) is 3.03. The lowest BCUT2D eigenvalue weighted by Crippen LogP contribution is -2.14. The third-order valence-electron chi connectivity index (χ3n) is 2.99. The summed E-state index contributed by atoms with van der Waals surface area (Å²) in [6.45, 7) is 3.92. The van der Waals surface area contributed by atoms with Gasteiger partial charge in [-0.25, -0.2) is 4.68 Å². The quantitative estimate of drug-likeness (QED) is 0.751. The van der Waals surface area contributed by atoms with E-state index in [0.717, 1.165) is 26.3 Å². The number of nitrogens with zero attached hydrogens (tertiary/aromatic N) is 3. The van der Waals surface area contributed by atoms with E-state index in [1.165, 1.54) is 0 Å². The van der Waals surface area contributed by atoms with Crippen LogP contribution in [-0.4, -0.2) is 20.0 Å². The van der Waals surface area contributed by atoms with Crippen LogP contribution in [0.4, 0.5) is 0 Å². The van der Waals surface area contributed by atoms with Crippen molar-refractivity contribution in [2.75, 3.05) is 0 Å². The molecule has 21 heavy (non-hydrogen) atoms. The SMILES string of the molecule is Cc1nnc(SCc2cc(=O)n(-c3ccccc3C)[nH]2)s1. The summed E-state index contributed by atoms with van der Waals surface area (Å²) >= 11 is 3.14. The fourth-order valence-corrected chi connectivity index (χ4v) is 3.70. The van der Waals surface area contributed by atoms with E-state index in [1.54, 1.807) is 33.8 Å². The second-order valence-electron chi connectivity index (χ2n) is 4.62. The molecule has 0 fully saturated rings. The van der Waals surface area contributed by atoms with E-state index < -0.39 is 0 Å². The van der Waals surface area contributed by atoms with Gasteiger partial charge in [-0.2, -0.15) is 0 Å². The molecule has 0 aliphatic carbocycles. The molecule has 5 nitrogen and oxygen atoms in total. The number of benzene rings is 1. The van der Waals surface area contributed by atoms with E-state index >= 15 is 0 Å². The number of hydrogen-bond donors (Lipinski definition) is 1. The number of rotatable bonds is 4. The molecular weight excluding hydrogens is 304 g/mol. The van der Waals surface area contributed by atoms with Gasteiger partial charge in [0.25, 0.3) is 5.56 Å². The Morgan fingerprint density at radius 2 is 2.10 bits per heavy atom. The zero-order chi connectivity index (χ0) is 14.8. The molecular formula is C14H14N4OS2. The minimum Gasteiger partial charge on any atom is -0.294 e. The van der Waals surface area contributed by atoms with Gasteiger partial charge in [-0.3, -0.25) is 9.89 Å². The van der Waals surface area contributed by atoms with E-state index in [0.29, 0.717) is 5.75 Å². The minimum absolute atomic E-state index is 0.0478. The summed E-state index contributed by atoms with van der Waals surface area (Å²) in [6, 6.07) is 9.43. The second kappa shape index (κ2) is 5.87. The third-order valence-corrected chi connectivity index (χ3v) is 5.01. The van der Waals surface area contributed by atoms with Crippen LogP contribution >= 0.6 is 23.1 Å². The Morgan fingerprint density at radius 1 is 1.29 bits per heavy atom. The van der Waals surface area contributed by atoms with Crippen LogP contribution in [0.1, 0.15) is 16.3 Å². The summed E-state index contributed by atoms with van der Waals surface area (Å²) < 4.78 is 2.49. The van der Waals surface area contributed by atoms with Crippen LogP contribution in [-0.2, 0) is 5.75 Å². The topological polar surface area (TPSA) is 63.6 Å². The average molecular weight is 318 g/mol. The monoisotopic (exact) mass is 318 g/mol. The highest BCUT2D eigenvalue weighted by atomic mass is 32.2. The van der Waals surface area contributed by atoms with Gasteiger partial charge in [-0.1, -0.05) is 41.3 Å². The van der Waals surface area contributed by atoms with Gasteiger partial charge >= 0.3 is 0 Å². The molecule has 0 radical (unpaired) electrons. The molecule has 7 heteroatoms. The Balaban J connectivity index is 1.82. The van der Waals surface area contributed by atoms with Crippen LogP contribution in [0.5, 0.6) is 0 Å². The molecule has 0 bridgehead atoms. The number of aryl methyl sites for hydroxylation is 2. The molecule has 0 spiro atoms. The molecule has 0 unspecified atom stereocenters. The van der Waals surface area contributed by atoms with Crippen LogP contribution < -0.4 is 5.56 Å². The predicted octanol–water partition coefficient (Wildman–Crippen LogP) is 2.93. The number of H-pyrrole nitrogens is 1. The first kappa shape index (κ1) is 14.1. The van der Waals surface area contributed by atoms with Gasteiger partial charge in [0.15, 0.2) is 4.34 Å². The number of para-hydroxylation sites is 1. The fourth-order valence-electron chi connectivity index (χ4n) is 1.99. The zero-order valence-corrected chi connectivity index (χ0v) is 13.3. The highest BCUT2D eigenvalue weighted by molar-refractivity contribution is 8.00. The third kappa shape index (κ3) is 3.08. The fraction of sp³-hybridized carbons (Fsp3) is 0.214. The molecule has 0 amide bonds. The van der Waals surface area contributed by atoms with E-state index in [4.69, 9.17) is 0 Å². The molecule has 0 aliphatic rings. The summed E-state index contributed by atoms with van der Waals surface area (Å²) in [7, 11) is 0. The Morgan fingerprint density at radius 3 is 2.81 bits per heavy atom. The Hall–Kier alpha value is -1.86. The summed E-state index contributed by atoms with van der Waals surface area (Å²) in [4.78, 5) is 12.1. The molecule has 1 N–H and O–H groups in total. The van der Waals surface area contributed by atoms with Crippen LogP contribution in [0.15, 0.2) is 39.5 Å². The molecule has 0 atom stereocenters. The lowest BCUT2D eigenvalue weighted by atomic mass is 10.2. The van der Waals surface area contributed by atoms with Gasteiger partial charge < -0.3 is 0 Å². The van der Waals surface area contributed by atoms with E-state index in [1.807, 2.05) is 38.1 Å². The summed E-state index contributed by atoms with van der Waals surface area (Å²) in [6.07, 6.45) is 0. The number of aromatic amines is 1. The van der Waals surface area contributed by atoms with Crippen molar-refractivity contribution in [1.29, 1.82) is 0 Å². The molecule has 3 aromatic rings. The molecule has 0 saturated carbocycles. The molecule has 2 heterocycles. The van der Waals surface area contributed by atoms with Crippen LogP contribution in [0, 0.1) is 13.8 Å². The molecule has 1 aromatic carbocycles. The van der Waals surface area contributed by atoms with Crippen LogP contribution in [0.2, 0.25) is 0 Å². The van der Waals surface area contributed by atoms with Crippen molar-refractivity contribution in [3.05, 3.63) is 57.0 Å². The van der Waals surface area contributed by atoms with Crippen molar-refractivity contribution in [2.24, 2.45) is 0 Å². The van der Waals surface area contributed by atoms with E-state index in [9.17, 15) is 4.79 Å². The van der Waals surface area contributed by atoms with E-state index in [2.05, 4.69) is 15.3 Å². The Labute approximate surface area is 130 Å². The highest BCUT2D eigenvalue weighted by Crippen LogP contribution is 2.24. The van der Waals surface area contributed by atoms with Gasteiger partial charge in [0.05, 0.1) is 5.69 Å². The summed E-state index contributed by atoms with van der Waals surface area (Å²) in [5.74, 6) is 0.669. The van der Waals surface area contributed by atoms with Gasteiger partial charge in [-0.15, -0.1) is 10.2 Å². The van der Waals surface area contributed by atoms with Crippen molar-refractivity contribution in [1.82, 2.24) is 20.0 Å². The lowest BCUT2D eigenvalue weighted by Gasteiger charge is -2.05. The molecule has 0 aliphatic heterocycles. The van der Waals surface area contributed by atoms with Crippen molar-refractivity contribution in [2.45, 2.75) is 23.9 Å². The van der Waals surface area contributed by atoms with Crippen LogP contribution in [0.25, 0.3) is 5.69 Å². The number of nitrogens with one attached hydrogen (secondary N) is 1. The van der Waals surface area contributed by atoms with Crippen molar-refractivity contribution in [3.8, 4) is 5.69 Å². The summed E-state index contributed by atoms with van der Waals surface area (Å²) in [5, 5.41) is 12.1. The first-order valence-corrected chi connectivity index (χ1v) is 8.23. The second-order valence-corrected chi connectivity index (χ2v) is 7.02. The highest BCUT2D eigenvalue weighted by Gasteiger charge is 2.08. The first-order valence-electron chi connectivity index (χ1n) is 6.43. The lowest BCUT2D eigenvalue weighted by molar-refractivity contribution is 0.826. The standard InChI is InChI=1S/C14H14N4OS2/c1-9-5-3-4-6-12(9)18-13(19)7-11(17-18)8-20-14-16-15-10(2)21-14/h3-7,17H,8H2,1-2H3. The number of aromatic nitrogens is 4. The zero-order valence-electron chi connectivity index (χ0n) is 11.7. The van der Waals surface area contributed by atoms with Crippen LogP contribution in [0.3, 0.4) is 0 Å². The first-order chi connectivity index (χ1) is 10.1. The number of thioether (sulfide) groups is 1. The van der Waals surface area contributed by atoms with Gasteiger partial charge in [-0.05, 0) is 25.5 Å². The maximum atomic E-state index is 12.1. The van der Waals surface area contributed by atoms with Crippen molar-refractivity contribution < 1.29 is 0 Å². The normalized spacial score (nSPS) is 11.0. The largest absolute Gasteiger partial charge is 0.294 e. The van der Waals surface area contributed by atoms with Crippen molar-refractivity contribution >= 4 is 23.1 Å². The minimum atomic E-state index is -0.0478. The smallest absolute Gasteiger partial charge is 0.271 e. The maximum absolute atomic E-state index is 12.1. The van der Waals surface area contributed by atoms with Gasteiger partial charge in [0.1, 0.15) is 5.01 Å². The summed E-state index contributed by atoms with van der Waals surface area (Å²) in [5.41, 5.74) is 2.76. The number of hydrogen-bond acceptors (Lipinski definition) is 5. The molecule has 2 aromatic heterocycles. The molecule has 3 rings (SSSR count). The Kier molecular flexibility index (Phi) is 3.94. The van der Waals surface area contributed by atoms with Gasteiger partial charge in [0.2, 0.25) is 0 Å². The Bertz CT molecular complexity index is 818. The van der Waals surface area contributed by atoms with Crippen molar-refractivity contribution in [3.63, 3.8) is 0 Å². The van der Waals surface area contributed by atoms with Gasteiger partial charge in [0, 0.05) is 17.5 Å². The predicted molar refractivity (Wildman–Crippen MR) is 85.3 cm³/mol. The molecule has 0 saturated heterocycles. The maximum Gasteiger partial charge on any atom is 0.271 e. The molecule has 108 valence electrons. The van der Waals surface area contributed by atoms with E-state index in [-0.39, 0.29) is 5.56 Å².